The molecule has 0 amide bonds. The summed E-state index contributed by atoms with van der Waals surface area (Å²) >= 11 is 6.27. The summed E-state index contributed by atoms with van der Waals surface area (Å²) in [4.78, 5) is 32.0. The molecule has 0 spiro atoms. The molecule has 1 aliphatic carbocycles. The molecule has 3 aromatic rings. The van der Waals surface area contributed by atoms with Gasteiger partial charge in [-0.1, -0.05) is 35.9 Å². The molecular weight excluding hydrogens is 561 g/mol. The van der Waals surface area contributed by atoms with Gasteiger partial charge in [-0.3, -0.25) is 4.90 Å². The quantitative estimate of drug-likeness (QED) is 0.364. The van der Waals surface area contributed by atoms with Gasteiger partial charge < -0.3 is 15.9 Å². The number of fused-ring (bicyclic) bond motifs is 1. The molecule has 1 fully saturated rings. The van der Waals surface area contributed by atoms with Crippen molar-refractivity contribution in [1.82, 2.24) is 14.9 Å². The van der Waals surface area contributed by atoms with Crippen LogP contribution in [0.25, 0.3) is 11.3 Å². The zero-order chi connectivity index (χ0) is 29.8. The van der Waals surface area contributed by atoms with Gasteiger partial charge in [0.1, 0.15) is 6.33 Å². The van der Waals surface area contributed by atoms with Crippen molar-refractivity contribution in [3.63, 3.8) is 0 Å². The lowest BCUT2D eigenvalue weighted by atomic mass is 9.68. The number of halogens is 4. The van der Waals surface area contributed by atoms with Crippen LogP contribution in [0.15, 0.2) is 54.9 Å². The minimum atomic E-state index is -5.08. The summed E-state index contributed by atoms with van der Waals surface area (Å²) in [6, 6.07) is 15.7. The largest absolute Gasteiger partial charge is 0.490 e. The van der Waals surface area contributed by atoms with E-state index in [4.69, 9.17) is 27.2 Å². The van der Waals surface area contributed by atoms with E-state index in [-0.39, 0.29) is 11.0 Å². The minimum Gasteiger partial charge on any atom is -0.478 e. The number of alkyl halides is 3. The summed E-state index contributed by atoms with van der Waals surface area (Å²) in [6.45, 7) is 2.37. The first-order valence-corrected chi connectivity index (χ1v) is 13.5. The van der Waals surface area contributed by atoms with Crippen LogP contribution in [0.3, 0.4) is 0 Å². The zero-order valence-electron chi connectivity index (χ0n) is 22.1. The molecule has 0 saturated heterocycles. The molecular formula is C29H30ClF3N4O4. The summed E-state index contributed by atoms with van der Waals surface area (Å²) in [7, 11) is 0. The van der Waals surface area contributed by atoms with E-state index >= 15 is 0 Å². The highest BCUT2D eigenvalue weighted by Gasteiger charge is 2.39. The van der Waals surface area contributed by atoms with Crippen LogP contribution in [0.5, 0.6) is 0 Å². The third-order valence-corrected chi connectivity index (χ3v) is 8.15. The molecule has 4 N–H and O–H groups in total. The predicted molar refractivity (Wildman–Crippen MR) is 147 cm³/mol. The van der Waals surface area contributed by atoms with E-state index in [1.165, 1.54) is 5.56 Å². The van der Waals surface area contributed by atoms with Crippen LogP contribution in [-0.2, 0) is 23.2 Å². The second kappa shape index (κ2) is 12.5. The standard InChI is InChI=1S/C27H29ClN4O2.C2HF3O2/c28-21-6-2-5-20(14-21)27(16-29)10-7-22(8-11-27)32-12-9-23-24(15-32)30-17-31-25(23)18-3-1-4-19(13-18)26(33)34;3-2(4,5)1(6)7/h1-6,13-14,17,22H,7-12,15-16,29H2,(H,33,34);(H,6,7). The van der Waals surface area contributed by atoms with Crippen molar-refractivity contribution in [2.45, 2.75) is 56.3 Å². The molecule has 2 aromatic carbocycles. The number of hydrogen-bond acceptors (Lipinski definition) is 6. The second-order valence-electron chi connectivity index (χ2n) is 10.3. The number of benzene rings is 2. The number of nitrogens with zero attached hydrogens (tertiary/aromatic N) is 3. The number of carboxylic acids is 2. The molecule has 1 saturated carbocycles. The first-order chi connectivity index (χ1) is 19.4. The SMILES string of the molecule is NCC1(c2cccc(Cl)c2)CCC(N2CCc3c(ncnc3-c3cccc(C(=O)O)c3)C2)CC1.O=C(O)C(F)(F)F. The van der Waals surface area contributed by atoms with Crippen LogP contribution in [0.2, 0.25) is 5.02 Å². The molecule has 0 unspecified atom stereocenters. The van der Waals surface area contributed by atoms with Crippen LogP contribution in [-0.4, -0.2) is 62.3 Å². The highest BCUT2D eigenvalue weighted by atomic mass is 35.5. The first-order valence-electron chi connectivity index (χ1n) is 13.1. The Morgan fingerprint density at radius 3 is 2.37 bits per heavy atom. The summed E-state index contributed by atoms with van der Waals surface area (Å²) in [5.41, 5.74) is 11.7. The maximum absolute atomic E-state index is 11.4. The van der Waals surface area contributed by atoms with Crippen LogP contribution >= 0.6 is 11.6 Å². The highest BCUT2D eigenvalue weighted by molar-refractivity contribution is 6.30. The molecule has 12 heteroatoms. The van der Waals surface area contributed by atoms with Crippen molar-refractivity contribution in [1.29, 1.82) is 0 Å². The molecule has 1 aliphatic heterocycles. The van der Waals surface area contributed by atoms with Crippen molar-refractivity contribution >= 4 is 23.5 Å². The van der Waals surface area contributed by atoms with Crippen LogP contribution in [0.4, 0.5) is 13.2 Å². The van der Waals surface area contributed by atoms with Gasteiger partial charge in [0, 0.05) is 47.2 Å². The van der Waals surface area contributed by atoms with Gasteiger partial charge in [0.2, 0.25) is 0 Å². The minimum absolute atomic E-state index is 0.000406. The fourth-order valence-corrected chi connectivity index (χ4v) is 5.87. The number of hydrogen-bond donors (Lipinski definition) is 3. The van der Waals surface area contributed by atoms with Gasteiger partial charge in [-0.25, -0.2) is 19.6 Å². The fourth-order valence-electron chi connectivity index (χ4n) is 5.68. The number of carboxylic acid groups (broad SMARTS) is 2. The lowest BCUT2D eigenvalue weighted by Crippen LogP contribution is -2.47. The van der Waals surface area contributed by atoms with Crippen molar-refractivity contribution < 1.29 is 33.0 Å². The number of aliphatic carboxylic acids is 1. The van der Waals surface area contributed by atoms with E-state index < -0.39 is 18.1 Å². The predicted octanol–water partition coefficient (Wildman–Crippen LogP) is 5.33. The number of nitrogens with two attached hydrogens (primary N) is 1. The molecule has 218 valence electrons. The molecule has 8 nitrogen and oxygen atoms in total. The first kappa shape index (κ1) is 30.4. The normalized spacial score (nSPS) is 20.9. The average molecular weight is 591 g/mol. The van der Waals surface area contributed by atoms with Crippen molar-refractivity contribution in [3.8, 4) is 11.3 Å². The highest BCUT2D eigenvalue weighted by Crippen LogP contribution is 2.42. The second-order valence-corrected chi connectivity index (χ2v) is 10.7. The Morgan fingerprint density at radius 2 is 1.76 bits per heavy atom. The lowest BCUT2D eigenvalue weighted by Gasteiger charge is -2.44. The number of rotatable bonds is 5. The van der Waals surface area contributed by atoms with Gasteiger partial charge in [0.15, 0.2) is 0 Å². The summed E-state index contributed by atoms with van der Waals surface area (Å²) in [5.74, 6) is -3.69. The Bertz CT molecular complexity index is 1410. The molecule has 2 heterocycles. The maximum atomic E-state index is 11.4. The Balaban J connectivity index is 0.000000493. The third kappa shape index (κ3) is 7.03. The van der Waals surface area contributed by atoms with Gasteiger partial charge in [-0.05, 0) is 61.9 Å². The smallest absolute Gasteiger partial charge is 0.478 e. The summed E-state index contributed by atoms with van der Waals surface area (Å²) in [5, 5.41) is 17.3. The fraction of sp³-hybridized carbons (Fsp3) is 0.379. The molecule has 0 bridgehead atoms. The molecule has 2 aliphatic rings. The Hall–Kier alpha value is -3.54. The van der Waals surface area contributed by atoms with Gasteiger partial charge in [0.05, 0.1) is 17.0 Å². The zero-order valence-corrected chi connectivity index (χ0v) is 22.8. The van der Waals surface area contributed by atoms with Gasteiger partial charge >= 0.3 is 18.1 Å². The average Bonchev–Trinajstić information content (AvgIpc) is 2.96. The Labute approximate surface area is 240 Å². The van der Waals surface area contributed by atoms with Crippen LogP contribution < -0.4 is 5.73 Å². The number of aromatic nitrogens is 2. The van der Waals surface area contributed by atoms with E-state index in [0.717, 1.165) is 72.7 Å². The number of carbonyl (C=O) groups is 2. The van der Waals surface area contributed by atoms with Gasteiger partial charge in [-0.15, -0.1) is 0 Å². The van der Waals surface area contributed by atoms with E-state index in [1.54, 1.807) is 24.5 Å². The summed E-state index contributed by atoms with van der Waals surface area (Å²) in [6.07, 6.45) is 1.67. The Morgan fingerprint density at radius 1 is 1.07 bits per heavy atom. The topological polar surface area (TPSA) is 130 Å². The van der Waals surface area contributed by atoms with Gasteiger partial charge in [0.25, 0.3) is 0 Å². The van der Waals surface area contributed by atoms with E-state index in [0.29, 0.717) is 12.6 Å². The van der Waals surface area contributed by atoms with E-state index in [9.17, 15) is 23.1 Å². The number of aromatic carboxylic acids is 1. The van der Waals surface area contributed by atoms with E-state index in [2.05, 4.69) is 27.0 Å². The monoisotopic (exact) mass is 590 g/mol. The molecule has 41 heavy (non-hydrogen) atoms. The molecule has 0 atom stereocenters. The van der Waals surface area contributed by atoms with E-state index in [1.807, 2.05) is 18.2 Å². The molecule has 5 rings (SSSR count). The Kier molecular flexibility index (Phi) is 9.31. The molecule has 1 aromatic heterocycles. The van der Waals surface area contributed by atoms with Crippen molar-refractivity contribution in [3.05, 3.63) is 82.3 Å². The van der Waals surface area contributed by atoms with Gasteiger partial charge in [-0.2, -0.15) is 13.2 Å². The molecule has 0 radical (unpaired) electrons. The van der Waals surface area contributed by atoms with Crippen molar-refractivity contribution in [2.75, 3.05) is 13.1 Å². The van der Waals surface area contributed by atoms with Crippen LogP contribution in [0, 0.1) is 0 Å². The van der Waals surface area contributed by atoms with Crippen LogP contribution in [0.1, 0.15) is 52.9 Å². The van der Waals surface area contributed by atoms with Crippen molar-refractivity contribution in [2.24, 2.45) is 5.73 Å². The maximum Gasteiger partial charge on any atom is 0.490 e. The summed E-state index contributed by atoms with van der Waals surface area (Å²) < 4.78 is 31.7. The lowest BCUT2D eigenvalue weighted by molar-refractivity contribution is -0.192. The third-order valence-electron chi connectivity index (χ3n) is 7.92.